The van der Waals surface area contributed by atoms with Crippen molar-refractivity contribution in [3.8, 4) is 0 Å². The van der Waals surface area contributed by atoms with Crippen LogP contribution in [0.25, 0.3) is 0 Å². The monoisotopic (exact) mass is 249 g/mol. The van der Waals surface area contributed by atoms with Gasteiger partial charge in [0.2, 0.25) is 0 Å². The van der Waals surface area contributed by atoms with Gasteiger partial charge in [0.25, 0.3) is 0 Å². The van der Waals surface area contributed by atoms with Crippen LogP contribution in [-0.4, -0.2) is 0 Å². The van der Waals surface area contributed by atoms with Crippen molar-refractivity contribution in [1.29, 1.82) is 0 Å². The highest BCUT2D eigenvalue weighted by Crippen LogP contribution is 2.30. The molecule has 2 aromatic rings. The van der Waals surface area contributed by atoms with Gasteiger partial charge in [0.05, 0.1) is 0 Å². The molecule has 0 fully saturated rings. The topological polar surface area (TPSA) is 26.0 Å². The van der Waals surface area contributed by atoms with Crippen molar-refractivity contribution < 1.29 is 0 Å². The van der Waals surface area contributed by atoms with Crippen molar-refractivity contribution in [2.45, 2.75) is 16.7 Å². The van der Waals surface area contributed by atoms with Crippen LogP contribution >= 0.6 is 23.4 Å². The molecule has 16 heavy (non-hydrogen) atoms. The maximum atomic E-state index is 5.83. The molecule has 2 aromatic carbocycles. The van der Waals surface area contributed by atoms with Crippen molar-refractivity contribution in [2.75, 3.05) is 5.73 Å². The Kier molecular flexibility index (Phi) is 3.42. The van der Waals surface area contributed by atoms with E-state index in [1.165, 1.54) is 9.79 Å². The number of anilines is 1. The summed E-state index contributed by atoms with van der Waals surface area (Å²) in [5.41, 5.74) is 7.72. The second-order valence-electron chi connectivity index (χ2n) is 3.57. The first-order valence-corrected chi connectivity index (χ1v) is 6.14. The van der Waals surface area contributed by atoms with E-state index in [0.717, 1.165) is 16.3 Å². The van der Waals surface area contributed by atoms with E-state index in [2.05, 4.69) is 6.07 Å². The highest BCUT2D eigenvalue weighted by molar-refractivity contribution is 7.99. The predicted octanol–water partition coefficient (Wildman–Crippen LogP) is 4.38. The highest BCUT2D eigenvalue weighted by Gasteiger charge is 1.99. The summed E-state index contributed by atoms with van der Waals surface area (Å²) in [4.78, 5) is 2.36. The fourth-order valence-corrected chi connectivity index (χ4v) is 2.39. The van der Waals surface area contributed by atoms with Crippen molar-refractivity contribution in [3.63, 3.8) is 0 Å². The Morgan fingerprint density at radius 2 is 1.62 bits per heavy atom. The van der Waals surface area contributed by atoms with E-state index in [0.29, 0.717) is 0 Å². The number of rotatable bonds is 2. The lowest BCUT2D eigenvalue weighted by Gasteiger charge is -2.05. The van der Waals surface area contributed by atoms with E-state index >= 15 is 0 Å². The molecule has 2 rings (SSSR count). The number of hydrogen-bond acceptors (Lipinski definition) is 2. The molecule has 0 aromatic heterocycles. The van der Waals surface area contributed by atoms with E-state index in [1.54, 1.807) is 11.8 Å². The van der Waals surface area contributed by atoms with Crippen LogP contribution in [0.1, 0.15) is 5.56 Å². The molecule has 0 amide bonds. The van der Waals surface area contributed by atoms with Gasteiger partial charge in [-0.25, -0.2) is 0 Å². The molecule has 0 radical (unpaired) electrons. The van der Waals surface area contributed by atoms with Crippen LogP contribution in [0.5, 0.6) is 0 Å². The molecule has 0 spiro atoms. The number of nitrogen functional groups attached to an aromatic ring is 1. The van der Waals surface area contributed by atoms with Gasteiger partial charge in [0, 0.05) is 20.5 Å². The number of hydrogen-bond donors (Lipinski definition) is 1. The average molecular weight is 250 g/mol. The SMILES string of the molecule is Cc1cc(Sc2ccc(Cl)cc2)ccc1N. The summed E-state index contributed by atoms with van der Waals surface area (Å²) in [6.07, 6.45) is 0. The lowest BCUT2D eigenvalue weighted by atomic mass is 10.2. The van der Waals surface area contributed by atoms with Crippen LogP contribution in [-0.2, 0) is 0 Å². The third kappa shape index (κ3) is 2.71. The third-order valence-electron chi connectivity index (χ3n) is 2.29. The predicted molar refractivity (Wildman–Crippen MR) is 71.2 cm³/mol. The normalized spacial score (nSPS) is 10.4. The summed E-state index contributed by atoms with van der Waals surface area (Å²) in [6.45, 7) is 2.02. The van der Waals surface area contributed by atoms with E-state index in [-0.39, 0.29) is 0 Å². The Morgan fingerprint density at radius 3 is 2.25 bits per heavy atom. The largest absolute Gasteiger partial charge is 0.399 e. The molecule has 1 nitrogen and oxygen atoms in total. The van der Waals surface area contributed by atoms with Crippen molar-refractivity contribution >= 4 is 29.1 Å². The van der Waals surface area contributed by atoms with Crippen LogP contribution in [0.4, 0.5) is 5.69 Å². The first kappa shape index (κ1) is 11.4. The summed E-state index contributed by atoms with van der Waals surface area (Å²) < 4.78 is 0. The van der Waals surface area contributed by atoms with Crippen LogP contribution in [0, 0.1) is 6.92 Å². The molecule has 0 aliphatic rings. The van der Waals surface area contributed by atoms with Crippen LogP contribution in [0.2, 0.25) is 5.02 Å². The lowest BCUT2D eigenvalue weighted by molar-refractivity contribution is 1.35. The summed E-state index contributed by atoms with van der Waals surface area (Å²) >= 11 is 7.54. The Bertz CT molecular complexity index is 494. The number of halogens is 1. The summed E-state index contributed by atoms with van der Waals surface area (Å²) in [7, 11) is 0. The molecule has 2 N–H and O–H groups in total. The quantitative estimate of drug-likeness (QED) is 0.800. The molecule has 82 valence electrons. The Morgan fingerprint density at radius 1 is 1.00 bits per heavy atom. The third-order valence-corrected chi connectivity index (χ3v) is 3.54. The minimum Gasteiger partial charge on any atom is -0.399 e. The van der Waals surface area contributed by atoms with Gasteiger partial charge in [-0.05, 0) is 55.0 Å². The molecule has 0 saturated carbocycles. The standard InChI is InChI=1S/C13H12ClNS/c1-9-8-12(6-7-13(9)15)16-11-4-2-10(14)3-5-11/h2-8H,15H2,1H3. The average Bonchev–Trinajstić information content (AvgIpc) is 2.27. The molecule has 3 heteroatoms. The van der Waals surface area contributed by atoms with Gasteiger partial charge >= 0.3 is 0 Å². The zero-order valence-corrected chi connectivity index (χ0v) is 10.5. The van der Waals surface area contributed by atoms with Crippen LogP contribution < -0.4 is 5.73 Å². The first-order valence-electron chi connectivity index (χ1n) is 4.95. The smallest absolute Gasteiger partial charge is 0.0406 e. The maximum Gasteiger partial charge on any atom is 0.0406 e. The summed E-state index contributed by atoms with van der Waals surface area (Å²) in [5.74, 6) is 0. The molecule has 0 bridgehead atoms. The van der Waals surface area contributed by atoms with Crippen molar-refractivity contribution in [2.24, 2.45) is 0 Å². The van der Waals surface area contributed by atoms with E-state index < -0.39 is 0 Å². The van der Waals surface area contributed by atoms with Gasteiger partial charge in [-0.1, -0.05) is 23.4 Å². The fraction of sp³-hybridized carbons (Fsp3) is 0.0769. The van der Waals surface area contributed by atoms with Gasteiger partial charge < -0.3 is 5.73 Å². The Hall–Kier alpha value is -1.12. The van der Waals surface area contributed by atoms with E-state index in [9.17, 15) is 0 Å². The second kappa shape index (κ2) is 4.81. The molecular formula is C13H12ClNS. The van der Waals surface area contributed by atoms with E-state index in [4.69, 9.17) is 17.3 Å². The molecule has 0 saturated heterocycles. The molecule has 0 aliphatic carbocycles. The Balaban J connectivity index is 2.20. The highest BCUT2D eigenvalue weighted by atomic mass is 35.5. The zero-order valence-electron chi connectivity index (χ0n) is 8.91. The summed E-state index contributed by atoms with van der Waals surface area (Å²) in [6, 6.07) is 13.9. The van der Waals surface area contributed by atoms with Gasteiger partial charge in [0.15, 0.2) is 0 Å². The molecular weight excluding hydrogens is 238 g/mol. The Labute approximate surface area is 105 Å². The summed E-state index contributed by atoms with van der Waals surface area (Å²) in [5, 5.41) is 0.762. The van der Waals surface area contributed by atoms with Crippen LogP contribution in [0.15, 0.2) is 52.3 Å². The number of nitrogens with two attached hydrogens (primary N) is 1. The fourth-order valence-electron chi connectivity index (χ4n) is 1.35. The zero-order chi connectivity index (χ0) is 11.5. The number of aryl methyl sites for hydroxylation is 1. The van der Waals surface area contributed by atoms with Gasteiger partial charge in [-0.3, -0.25) is 0 Å². The minimum absolute atomic E-state index is 0.762. The van der Waals surface area contributed by atoms with Gasteiger partial charge in [0.1, 0.15) is 0 Å². The maximum absolute atomic E-state index is 5.83. The second-order valence-corrected chi connectivity index (χ2v) is 5.16. The van der Waals surface area contributed by atoms with Crippen LogP contribution in [0.3, 0.4) is 0 Å². The molecule has 0 atom stereocenters. The van der Waals surface area contributed by atoms with Gasteiger partial charge in [-0.15, -0.1) is 0 Å². The number of benzene rings is 2. The van der Waals surface area contributed by atoms with E-state index in [1.807, 2.05) is 43.3 Å². The molecule has 0 heterocycles. The first-order chi connectivity index (χ1) is 7.65. The molecule has 0 unspecified atom stereocenters. The lowest BCUT2D eigenvalue weighted by Crippen LogP contribution is -1.88. The molecule has 0 aliphatic heterocycles. The van der Waals surface area contributed by atoms with Crippen molar-refractivity contribution in [3.05, 3.63) is 53.1 Å². The minimum atomic E-state index is 0.762. The van der Waals surface area contributed by atoms with Gasteiger partial charge in [-0.2, -0.15) is 0 Å². The van der Waals surface area contributed by atoms with Crippen molar-refractivity contribution in [1.82, 2.24) is 0 Å².